The molecular weight excluding hydrogens is 354 g/mol. The minimum absolute atomic E-state index is 0.00497. The second kappa shape index (κ2) is 10.2. The van der Waals surface area contributed by atoms with Crippen molar-refractivity contribution >= 4 is 5.57 Å². The average molecular weight is 389 g/mol. The lowest BCUT2D eigenvalue weighted by molar-refractivity contribution is 0.293. The average Bonchev–Trinajstić information content (AvgIpc) is 2.72. The maximum atomic E-state index is 14.4. The van der Waals surface area contributed by atoms with Gasteiger partial charge in [-0.1, -0.05) is 38.0 Å². The van der Waals surface area contributed by atoms with E-state index < -0.39 is 11.6 Å². The van der Waals surface area contributed by atoms with Crippen molar-refractivity contribution in [3.63, 3.8) is 0 Å². The summed E-state index contributed by atoms with van der Waals surface area (Å²) in [6, 6.07) is 3.19. The highest BCUT2D eigenvalue weighted by Gasteiger charge is 2.21. The zero-order chi connectivity index (χ0) is 19.9. The summed E-state index contributed by atoms with van der Waals surface area (Å²) in [5.74, 6) is 0.536. The van der Waals surface area contributed by atoms with Gasteiger partial charge in [-0.2, -0.15) is 4.39 Å². The first-order chi connectivity index (χ1) is 13.6. The van der Waals surface area contributed by atoms with Gasteiger partial charge in [0.05, 0.1) is 6.61 Å². The maximum absolute atomic E-state index is 14.4. The molecule has 0 radical (unpaired) electrons. The van der Waals surface area contributed by atoms with E-state index in [0.717, 1.165) is 36.7 Å². The highest BCUT2D eigenvalue weighted by atomic mass is 19.2. The van der Waals surface area contributed by atoms with Gasteiger partial charge in [0.1, 0.15) is 0 Å². The van der Waals surface area contributed by atoms with E-state index >= 15 is 0 Å². The van der Waals surface area contributed by atoms with E-state index in [9.17, 15) is 8.78 Å². The van der Waals surface area contributed by atoms with Crippen LogP contribution in [-0.4, -0.2) is 6.61 Å². The Balaban J connectivity index is 1.55. The smallest absolute Gasteiger partial charge is 0.201 e. The highest BCUT2D eigenvalue weighted by Crippen LogP contribution is 2.36. The summed E-state index contributed by atoms with van der Waals surface area (Å²) in [4.78, 5) is 0. The largest absolute Gasteiger partial charge is 0.491 e. The zero-order valence-electron chi connectivity index (χ0n) is 17.4. The second-order valence-corrected chi connectivity index (χ2v) is 8.39. The fraction of sp³-hybridized carbons (Fsp3) is 0.600. The fourth-order valence-corrected chi connectivity index (χ4v) is 4.71. The Morgan fingerprint density at radius 1 is 0.964 bits per heavy atom. The predicted molar refractivity (Wildman–Crippen MR) is 112 cm³/mol. The number of hydrogen-bond donors (Lipinski definition) is 0. The van der Waals surface area contributed by atoms with E-state index in [1.807, 2.05) is 0 Å². The molecule has 0 spiro atoms. The van der Waals surface area contributed by atoms with Crippen molar-refractivity contribution in [3.05, 3.63) is 47.6 Å². The molecule has 0 amide bonds. The first-order valence-electron chi connectivity index (χ1n) is 11.1. The van der Waals surface area contributed by atoms with Gasteiger partial charge in [0.15, 0.2) is 11.6 Å². The van der Waals surface area contributed by atoms with E-state index in [4.69, 9.17) is 4.74 Å². The number of rotatable bonds is 7. The topological polar surface area (TPSA) is 9.23 Å². The SMILES string of the molecule is CCCC1CCC(/C=C/C2CC=C(c3ccc(OCC)c(F)c3F)CC2)CC1. The summed E-state index contributed by atoms with van der Waals surface area (Å²) in [5, 5.41) is 0. The fourth-order valence-electron chi connectivity index (χ4n) is 4.71. The third-order valence-corrected chi connectivity index (χ3v) is 6.39. The summed E-state index contributed by atoms with van der Waals surface area (Å²) in [5.41, 5.74) is 1.31. The Morgan fingerprint density at radius 3 is 2.36 bits per heavy atom. The number of hydrogen-bond acceptors (Lipinski definition) is 1. The van der Waals surface area contributed by atoms with Gasteiger partial charge >= 0.3 is 0 Å². The molecule has 1 unspecified atom stereocenters. The standard InChI is InChI=1S/C25H34F2O/c1-3-5-18-6-8-19(9-7-18)10-11-20-12-14-21(15-13-20)22-16-17-23(28-4-2)25(27)24(22)26/h10-11,14,16-20H,3-9,12-13,15H2,1-2H3/b11-10+. The third-order valence-electron chi connectivity index (χ3n) is 6.39. The molecule has 1 aromatic carbocycles. The number of ether oxygens (including phenoxy) is 1. The second-order valence-electron chi connectivity index (χ2n) is 8.39. The Labute approximate surface area is 168 Å². The van der Waals surface area contributed by atoms with Crippen molar-refractivity contribution in [1.82, 2.24) is 0 Å². The molecule has 3 rings (SSSR count). The molecule has 0 heterocycles. The van der Waals surface area contributed by atoms with Crippen LogP contribution in [0.1, 0.15) is 77.2 Å². The van der Waals surface area contributed by atoms with Crippen LogP contribution in [0.15, 0.2) is 30.4 Å². The van der Waals surface area contributed by atoms with Gasteiger partial charge in [0, 0.05) is 5.56 Å². The monoisotopic (exact) mass is 388 g/mol. The van der Waals surface area contributed by atoms with E-state index in [1.165, 1.54) is 38.5 Å². The lowest BCUT2D eigenvalue weighted by Crippen LogP contribution is -2.13. The van der Waals surface area contributed by atoms with Crippen molar-refractivity contribution in [2.45, 2.75) is 71.6 Å². The third kappa shape index (κ3) is 5.24. The minimum Gasteiger partial charge on any atom is -0.491 e. The molecule has 0 aliphatic heterocycles. The summed E-state index contributed by atoms with van der Waals surface area (Å²) < 4.78 is 33.7. The quantitative estimate of drug-likeness (QED) is 0.435. The van der Waals surface area contributed by atoms with Crippen molar-refractivity contribution in [2.24, 2.45) is 17.8 Å². The maximum Gasteiger partial charge on any atom is 0.201 e. The Hall–Kier alpha value is -1.64. The van der Waals surface area contributed by atoms with Crippen LogP contribution in [0.3, 0.4) is 0 Å². The van der Waals surface area contributed by atoms with E-state index in [0.29, 0.717) is 18.1 Å². The van der Waals surface area contributed by atoms with Gasteiger partial charge in [-0.05, 0) is 87.3 Å². The summed E-state index contributed by atoms with van der Waals surface area (Å²) >= 11 is 0. The summed E-state index contributed by atoms with van der Waals surface area (Å²) in [6.07, 6.45) is 17.7. The molecule has 1 fully saturated rings. The van der Waals surface area contributed by atoms with Gasteiger partial charge in [-0.15, -0.1) is 0 Å². The molecule has 0 saturated heterocycles. The Bertz CT molecular complexity index is 699. The van der Waals surface area contributed by atoms with Crippen LogP contribution >= 0.6 is 0 Å². The highest BCUT2D eigenvalue weighted by molar-refractivity contribution is 5.67. The van der Waals surface area contributed by atoms with Crippen molar-refractivity contribution in [1.29, 1.82) is 0 Å². The van der Waals surface area contributed by atoms with Gasteiger partial charge in [-0.3, -0.25) is 0 Å². The minimum atomic E-state index is -0.874. The molecular formula is C25H34F2O. The lowest BCUT2D eigenvalue weighted by atomic mass is 9.79. The molecule has 1 aromatic rings. The van der Waals surface area contributed by atoms with Crippen molar-refractivity contribution in [3.8, 4) is 5.75 Å². The van der Waals surface area contributed by atoms with Crippen LogP contribution in [0.4, 0.5) is 8.78 Å². The molecule has 28 heavy (non-hydrogen) atoms. The number of halogens is 2. The molecule has 1 saturated carbocycles. The van der Waals surface area contributed by atoms with Crippen LogP contribution < -0.4 is 4.74 Å². The predicted octanol–water partition coefficient (Wildman–Crippen LogP) is 7.71. The van der Waals surface area contributed by atoms with E-state index in [2.05, 4.69) is 25.2 Å². The van der Waals surface area contributed by atoms with Crippen LogP contribution in [0.25, 0.3) is 5.57 Å². The molecule has 0 aromatic heterocycles. The molecule has 2 aliphatic carbocycles. The molecule has 154 valence electrons. The normalized spacial score (nSPS) is 25.7. The van der Waals surface area contributed by atoms with E-state index in [-0.39, 0.29) is 5.75 Å². The van der Waals surface area contributed by atoms with Crippen LogP contribution in [0.2, 0.25) is 0 Å². The van der Waals surface area contributed by atoms with Gasteiger partial charge in [0.2, 0.25) is 5.82 Å². The first kappa shape index (κ1) is 21.1. The molecule has 1 nitrogen and oxygen atoms in total. The van der Waals surface area contributed by atoms with Crippen LogP contribution in [0.5, 0.6) is 5.75 Å². The first-order valence-corrected chi connectivity index (χ1v) is 11.1. The van der Waals surface area contributed by atoms with Gasteiger partial charge in [0.25, 0.3) is 0 Å². The molecule has 3 heteroatoms. The van der Waals surface area contributed by atoms with Gasteiger partial charge in [-0.25, -0.2) is 4.39 Å². The molecule has 2 aliphatic rings. The number of benzene rings is 1. The van der Waals surface area contributed by atoms with E-state index in [1.54, 1.807) is 19.1 Å². The summed E-state index contributed by atoms with van der Waals surface area (Å²) in [7, 11) is 0. The molecule has 0 bridgehead atoms. The van der Waals surface area contributed by atoms with Crippen molar-refractivity contribution in [2.75, 3.05) is 6.61 Å². The molecule has 0 N–H and O–H groups in total. The Morgan fingerprint density at radius 2 is 1.71 bits per heavy atom. The Kier molecular flexibility index (Phi) is 7.70. The summed E-state index contributed by atoms with van der Waals surface area (Å²) in [6.45, 7) is 4.37. The van der Waals surface area contributed by atoms with Crippen LogP contribution in [-0.2, 0) is 0 Å². The number of allylic oxidation sites excluding steroid dienone is 4. The lowest BCUT2D eigenvalue weighted by Gasteiger charge is -2.27. The van der Waals surface area contributed by atoms with Gasteiger partial charge < -0.3 is 4.74 Å². The van der Waals surface area contributed by atoms with Crippen LogP contribution in [0, 0.1) is 29.4 Å². The van der Waals surface area contributed by atoms with Crippen molar-refractivity contribution < 1.29 is 13.5 Å². The zero-order valence-corrected chi connectivity index (χ0v) is 17.4. The molecule has 1 atom stereocenters.